The van der Waals surface area contributed by atoms with Crippen molar-refractivity contribution in [3.63, 3.8) is 0 Å². The third-order valence-electron chi connectivity index (χ3n) is 3.26. The van der Waals surface area contributed by atoms with Crippen LogP contribution >= 0.6 is 0 Å². The highest BCUT2D eigenvalue weighted by atomic mass is 19.4. The van der Waals surface area contributed by atoms with Crippen molar-refractivity contribution in [2.45, 2.75) is 50.9 Å². The number of anilines is 1. The Balaban J connectivity index is 2.28. The second-order valence-corrected chi connectivity index (χ2v) is 6.43. The number of alkyl halides is 3. The zero-order chi connectivity index (χ0) is 16.7. The first kappa shape index (κ1) is 16.6. The molecule has 7 heteroatoms. The van der Waals surface area contributed by atoms with E-state index in [2.05, 4.69) is 5.32 Å². The molecule has 0 bridgehead atoms. The maximum absolute atomic E-state index is 12.8. The fourth-order valence-electron chi connectivity index (χ4n) is 2.15. The third-order valence-corrected chi connectivity index (χ3v) is 3.26. The molecule has 0 radical (unpaired) electrons. The van der Waals surface area contributed by atoms with Crippen LogP contribution in [0.4, 0.5) is 23.7 Å². The van der Waals surface area contributed by atoms with Gasteiger partial charge in [0.1, 0.15) is 5.60 Å². The van der Waals surface area contributed by atoms with Gasteiger partial charge < -0.3 is 10.5 Å². The molecule has 2 rings (SSSR count). The van der Waals surface area contributed by atoms with Gasteiger partial charge in [0.05, 0.1) is 5.56 Å². The van der Waals surface area contributed by atoms with E-state index in [1.807, 2.05) is 0 Å². The normalized spacial score (nSPS) is 21.4. The number of nitrogens with two attached hydrogens (primary N) is 1. The molecular weight excluding hydrogens is 297 g/mol. The molecule has 1 fully saturated rings. The van der Waals surface area contributed by atoms with Gasteiger partial charge in [0.15, 0.2) is 0 Å². The van der Waals surface area contributed by atoms with Gasteiger partial charge in [0, 0.05) is 17.6 Å². The lowest BCUT2D eigenvalue weighted by Crippen LogP contribution is -2.27. The van der Waals surface area contributed by atoms with Crippen molar-refractivity contribution >= 4 is 11.8 Å². The molecule has 0 aromatic heterocycles. The van der Waals surface area contributed by atoms with Crippen molar-refractivity contribution < 1.29 is 22.7 Å². The number of benzene rings is 1. The minimum absolute atomic E-state index is 0.0350. The van der Waals surface area contributed by atoms with E-state index in [0.29, 0.717) is 12.0 Å². The molecule has 0 saturated heterocycles. The van der Waals surface area contributed by atoms with Crippen molar-refractivity contribution in [1.29, 1.82) is 0 Å². The van der Waals surface area contributed by atoms with Gasteiger partial charge in [0.2, 0.25) is 0 Å². The number of carbonyl (C=O) groups excluding carboxylic acids is 1. The molecule has 4 nitrogen and oxygen atoms in total. The number of ether oxygens (including phenoxy) is 1. The summed E-state index contributed by atoms with van der Waals surface area (Å²) in [4.78, 5) is 11.8. The third kappa shape index (κ3) is 4.13. The van der Waals surface area contributed by atoms with Gasteiger partial charge >= 0.3 is 12.3 Å². The molecule has 22 heavy (non-hydrogen) atoms. The molecule has 122 valence electrons. The van der Waals surface area contributed by atoms with Gasteiger partial charge in [0.25, 0.3) is 0 Å². The Hall–Kier alpha value is -1.76. The van der Waals surface area contributed by atoms with Crippen molar-refractivity contribution in [1.82, 2.24) is 0 Å². The fourth-order valence-corrected chi connectivity index (χ4v) is 2.15. The summed E-state index contributed by atoms with van der Waals surface area (Å²) in [5, 5.41) is 2.40. The Bertz CT molecular complexity index is 579. The van der Waals surface area contributed by atoms with E-state index in [1.54, 1.807) is 20.8 Å². The summed E-state index contributed by atoms with van der Waals surface area (Å²) in [6, 6.07) is 3.20. The highest BCUT2D eigenvalue weighted by Crippen LogP contribution is 2.44. The highest BCUT2D eigenvalue weighted by Gasteiger charge is 2.38. The summed E-state index contributed by atoms with van der Waals surface area (Å²) < 4.78 is 43.6. The Labute approximate surface area is 126 Å². The molecule has 1 aromatic rings. The van der Waals surface area contributed by atoms with E-state index in [4.69, 9.17) is 10.5 Å². The number of carbonyl (C=O) groups is 1. The molecular formula is C15H19F3N2O2. The molecule has 1 aromatic carbocycles. The Morgan fingerprint density at radius 1 is 1.32 bits per heavy atom. The van der Waals surface area contributed by atoms with Gasteiger partial charge in [-0.15, -0.1) is 0 Å². The number of rotatable bonds is 2. The van der Waals surface area contributed by atoms with E-state index in [-0.39, 0.29) is 17.6 Å². The van der Waals surface area contributed by atoms with Gasteiger partial charge in [-0.1, -0.05) is 6.07 Å². The van der Waals surface area contributed by atoms with Crippen LogP contribution in [0.2, 0.25) is 0 Å². The molecule has 1 aliphatic carbocycles. The van der Waals surface area contributed by atoms with Crippen LogP contribution in [0.1, 0.15) is 44.2 Å². The van der Waals surface area contributed by atoms with Crippen molar-refractivity contribution in [3.05, 3.63) is 29.3 Å². The lowest BCUT2D eigenvalue weighted by atomic mass is 10.0. The van der Waals surface area contributed by atoms with E-state index < -0.39 is 23.4 Å². The summed E-state index contributed by atoms with van der Waals surface area (Å²) in [7, 11) is 0. The van der Waals surface area contributed by atoms with Crippen molar-refractivity contribution in [2.75, 3.05) is 5.32 Å². The zero-order valence-corrected chi connectivity index (χ0v) is 12.6. The average molecular weight is 316 g/mol. The maximum atomic E-state index is 12.8. The van der Waals surface area contributed by atoms with E-state index in [9.17, 15) is 18.0 Å². The average Bonchev–Trinajstić information content (AvgIpc) is 3.02. The van der Waals surface area contributed by atoms with Gasteiger partial charge in [-0.3, -0.25) is 5.32 Å². The molecule has 2 atom stereocenters. The van der Waals surface area contributed by atoms with Crippen molar-refractivity contribution in [2.24, 2.45) is 5.73 Å². The van der Waals surface area contributed by atoms with E-state index >= 15 is 0 Å². The number of halogens is 3. The molecule has 1 aliphatic rings. The molecule has 1 saturated carbocycles. The summed E-state index contributed by atoms with van der Waals surface area (Å²) in [6.07, 6.45) is -4.58. The van der Waals surface area contributed by atoms with Gasteiger partial charge in [-0.05, 0) is 44.9 Å². The lowest BCUT2D eigenvalue weighted by molar-refractivity contribution is -0.137. The molecule has 3 N–H and O–H groups in total. The van der Waals surface area contributed by atoms with Crippen LogP contribution in [-0.4, -0.2) is 17.7 Å². The quantitative estimate of drug-likeness (QED) is 0.870. The lowest BCUT2D eigenvalue weighted by Gasteiger charge is -2.21. The Morgan fingerprint density at radius 3 is 2.36 bits per heavy atom. The number of amides is 1. The topological polar surface area (TPSA) is 64.3 Å². The van der Waals surface area contributed by atoms with Crippen LogP contribution in [0.3, 0.4) is 0 Å². The van der Waals surface area contributed by atoms with Crippen LogP contribution in [0.25, 0.3) is 0 Å². The highest BCUT2D eigenvalue weighted by molar-refractivity contribution is 5.86. The number of hydrogen-bond donors (Lipinski definition) is 2. The monoisotopic (exact) mass is 316 g/mol. The zero-order valence-electron chi connectivity index (χ0n) is 12.6. The predicted molar refractivity (Wildman–Crippen MR) is 76.6 cm³/mol. The van der Waals surface area contributed by atoms with E-state index in [0.717, 1.165) is 12.1 Å². The van der Waals surface area contributed by atoms with E-state index in [1.165, 1.54) is 6.07 Å². The Kier molecular flexibility index (Phi) is 4.12. The Morgan fingerprint density at radius 2 is 1.91 bits per heavy atom. The summed E-state index contributed by atoms with van der Waals surface area (Å²) in [5.41, 5.74) is 4.90. The fraction of sp³-hybridized carbons (Fsp3) is 0.533. The largest absolute Gasteiger partial charge is 0.444 e. The molecule has 2 unspecified atom stereocenters. The maximum Gasteiger partial charge on any atom is 0.416 e. The van der Waals surface area contributed by atoms with Crippen LogP contribution in [0.5, 0.6) is 0 Å². The van der Waals surface area contributed by atoms with Crippen LogP contribution in [-0.2, 0) is 10.9 Å². The standard InChI is InChI=1S/C15H19F3N2O2/c1-14(2,3)22-13(21)20-12-6-8(15(16,17)18)4-5-9(12)10-7-11(10)19/h4-6,10-11H,7,19H2,1-3H3,(H,20,21). The minimum Gasteiger partial charge on any atom is -0.444 e. The summed E-state index contributed by atoms with van der Waals surface area (Å²) in [5.74, 6) is -0.0350. The van der Waals surface area contributed by atoms with Crippen LogP contribution < -0.4 is 11.1 Å². The first-order chi connectivity index (χ1) is 9.97. The first-order valence-electron chi connectivity index (χ1n) is 6.94. The van der Waals surface area contributed by atoms with Gasteiger partial charge in [-0.25, -0.2) is 4.79 Å². The number of nitrogens with one attached hydrogen (secondary N) is 1. The van der Waals surface area contributed by atoms with Gasteiger partial charge in [-0.2, -0.15) is 13.2 Å². The molecule has 0 spiro atoms. The molecule has 1 amide bonds. The molecule has 0 heterocycles. The predicted octanol–water partition coefficient (Wildman–Crippen LogP) is 3.87. The number of hydrogen-bond acceptors (Lipinski definition) is 3. The van der Waals surface area contributed by atoms with Crippen LogP contribution in [0.15, 0.2) is 18.2 Å². The smallest absolute Gasteiger partial charge is 0.416 e. The summed E-state index contributed by atoms with van der Waals surface area (Å²) in [6.45, 7) is 5.03. The van der Waals surface area contributed by atoms with Crippen LogP contribution in [0, 0.1) is 0 Å². The first-order valence-corrected chi connectivity index (χ1v) is 6.94. The second-order valence-electron chi connectivity index (χ2n) is 6.43. The summed E-state index contributed by atoms with van der Waals surface area (Å²) >= 11 is 0. The minimum atomic E-state index is -4.48. The molecule has 0 aliphatic heterocycles. The SMILES string of the molecule is CC(C)(C)OC(=O)Nc1cc(C(F)(F)F)ccc1C1CC1N. The second kappa shape index (κ2) is 5.46. The van der Waals surface area contributed by atoms with Crippen molar-refractivity contribution in [3.8, 4) is 0 Å².